The van der Waals surface area contributed by atoms with Crippen LogP contribution in [-0.4, -0.2) is 27.6 Å². The third-order valence-electron chi connectivity index (χ3n) is 3.20. The quantitative estimate of drug-likeness (QED) is 0.131. The van der Waals surface area contributed by atoms with E-state index in [2.05, 4.69) is 41.2 Å². The fourth-order valence-corrected chi connectivity index (χ4v) is 5.53. The van der Waals surface area contributed by atoms with Crippen LogP contribution in [0, 0.1) is 10.1 Å². The minimum Gasteiger partial charge on any atom is -0.340 e. The Morgan fingerprint density at radius 3 is 2.75 bits per heavy atom. The molecule has 15 heteroatoms. The number of nitro groups is 1. The highest BCUT2D eigenvalue weighted by Gasteiger charge is 2.48. The summed E-state index contributed by atoms with van der Waals surface area (Å²) < 4.78 is 8.54. The number of thioether (sulfide) groups is 1. The van der Waals surface area contributed by atoms with Crippen LogP contribution >= 0.6 is 62.8 Å². The first-order chi connectivity index (χ1) is 13.1. The van der Waals surface area contributed by atoms with Gasteiger partial charge < -0.3 is 10.3 Å². The van der Waals surface area contributed by atoms with Crippen LogP contribution in [0.25, 0.3) is 11.2 Å². The minimum absolute atomic E-state index is 0.00284. The molecule has 9 nitrogen and oxygen atoms in total. The number of para-hydroxylation sites is 1. The number of benzene rings is 1. The van der Waals surface area contributed by atoms with Crippen LogP contribution in [0.2, 0.25) is 5.02 Å². The van der Waals surface area contributed by atoms with E-state index in [4.69, 9.17) is 28.9 Å². The van der Waals surface area contributed by atoms with E-state index in [9.17, 15) is 14.5 Å². The Bertz CT molecular complexity index is 1040. The standard InChI is InChI=1S/C13H9BrCl2FN7O2S2/c14-13(16,17)27-12(18,28-24(25)26)11-22-9-8(19-5-20-9)10(23-11)21-7-4-2-1-3-6(7)15/h1-5H,18H2,(H2,19,20,21,22,23). The van der Waals surface area contributed by atoms with Gasteiger partial charge in [-0.3, -0.25) is 15.8 Å². The number of hydrogen-bond donors (Lipinski definition) is 3. The first kappa shape index (κ1) is 21.3. The number of halogens is 4. The summed E-state index contributed by atoms with van der Waals surface area (Å²) in [6, 6.07) is 6.86. The molecule has 0 aliphatic rings. The summed E-state index contributed by atoms with van der Waals surface area (Å²) >= 11 is 14.5. The van der Waals surface area contributed by atoms with E-state index in [-0.39, 0.29) is 41.0 Å². The van der Waals surface area contributed by atoms with Gasteiger partial charge in [-0.1, -0.05) is 35.3 Å². The first-order valence-electron chi connectivity index (χ1n) is 7.20. The van der Waals surface area contributed by atoms with Gasteiger partial charge in [-0.25, -0.2) is 19.3 Å². The summed E-state index contributed by atoms with van der Waals surface area (Å²) in [7, 11) is 0. The molecule has 2 heterocycles. The molecule has 4 N–H and O–H groups in total. The number of nitrogens with one attached hydrogen (secondary N) is 2. The number of hydrogen-bond acceptors (Lipinski definition) is 9. The van der Waals surface area contributed by atoms with Gasteiger partial charge in [0, 0.05) is 0 Å². The van der Waals surface area contributed by atoms with Crippen LogP contribution in [0.15, 0.2) is 30.6 Å². The van der Waals surface area contributed by atoms with Crippen molar-refractivity contribution in [3.63, 3.8) is 0 Å². The van der Waals surface area contributed by atoms with Gasteiger partial charge in [0.2, 0.25) is 4.20 Å². The fourth-order valence-electron chi connectivity index (χ4n) is 2.16. The molecule has 0 spiro atoms. The Kier molecular flexibility index (Phi) is 6.22. The van der Waals surface area contributed by atoms with Gasteiger partial charge in [0.25, 0.3) is 15.3 Å². The van der Waals surface area contributed by atoms with Gasteiger partial charge in [-0.05, 0) is 39.8 Å². The fraction of sp³-hybridized carbons (Fsp3) is 0.154. The van der Waals surface area contributed by atoms with Crippen molar-refractivity contribution < 1.29 is 8.72 Å². The summed E-state index contributed by atoms with van der Waals surface area (Å²) in [4.78, 5) is 26.4. The highest BCUT2D eigenvalue weighted by Crippen LogP contribution is 2.52. The highest BCUT2D eigenvalue weighted by atomic mass is 79.9. The third-order valence-corrected chi connectivity index (χ3v) is 6.04. The van der Waals surface area contributed by atoms with Crippen LogP contribution in [0.1, 0.15) is 5.82 Å². The average molecular weight is 529 g/mol. The number of fused-ring (bicyclic) bond motifs is 1. The molecule has 0 amide bonds. The molecule has 3 aromatic rings. The zero-order valence-electron chi connectivity index (χ0n) is 13.4. The number of imidazole rings is 1. The van der Waals surface area contributed by atoms with Gasteiger partial charge in [-0.15, -0.1) is 0 Å². The van der Waals surface area contributed by atoms with Crippen LogP contribution in [0.4, 0.5) is 15.9 Å². The van der Waals surface area contributed by atoms with Gasteiger partial charge in [0.15, 0.2) is 17.3 Å². The lowest BCUT2D eigenvalue weighted by Crippen LogP contribution is -2.35. The van der Waals surface area contributed by atoms with Crippen molar-refractivity contribution in [2.24, 2.45) is 5.73 Å². The molecular weight excluding hydrogens is 520 g/mol. The zero-order valence-corrected chi connectivity index (χ0v) is 18.1. The number of rotatable bonds is 7. The van der Waals surface area contributed by atoms with E-state index in [0.29, 0.717) is 16.2 Å². The van der Waals surface area contributed by atoms with E-state index in [1.165, 1.54) is 6.33 Å². The number of H-pyrrole nitrogens is 1. The van der Waals surface area contributed by atoms with Gasteiger partial charge in [-0.2, -0.15) is 0 Å². The van der Waals surface area contributed by atoms with Crippen LogP contribution in [-0.2, 0) is 4.20 Å². The van der Waals surface area contributed by atoms with Gasteiger partial charge >= 0.3 is 0 Å². The second-order valence-corrected chi connectivity index (χ2v) is 11.2. The topological polar surface area (TPSA) is 136 Å². The molecule has 1 aromatic carbocycles. The predicted molar refractivity (Wildman–Crippen MR) is 113 cm³/mol. The van der Waals surface area contributed by atoms with E-state index < -0.39 is 11.9 Å². The van der Waals surface area contributed by atoms with Crippen LogP contribution in [0.5, 0.6) is 0 Å². The lowest BCUT2D eigenvalue weighted by molar-refractivity contribution is -0.285. The molecule has 0 bridgehead atoms. The van der Waals surface area contributed by atoms with E-state index >= 15 is 0 Å². The van der Waals surface area contributed by atoms with Gasteiger partial charge in [0.05, 0.1) is 17.0 Å². The molecule has 0 aliphatic heterocycles. The Morgan fingerprint density at radius 2 is 2.11 bits per heavy atom. The van der Waals surface area contributed by atoms with Crippen molar-refractivity contribution in [3.8, 4) is 0 Å². The lowest BCUT2D eigenvalue weighted by atomic mass is 10.3. The van der Waals surface area contributed by atoms with Crippen molar-refractivity contribution in [1.82, 2.24) is 19.9 Å². The maximum Gasteiger partial charge on any atom is 0.287 e. The molecule has 2 atom stereocenters. The minimum atomic E-state index is -2.59. The molecule has 2 unspecified atom stereocenters. The molecule has 0 aliphatic carbocycles. The number of aromatic nitrogens is 4. The molecule has 148 valence electrons. The largest absolute Gasteiger partial charge is 0.340 e. The number of anilines is 2. The normalized spacial score (nSPS) is 15.8. The van der Waals surface area contributed by atoms with Crippen LogP contribution < -0.4 is 11.1 Å². The molecule has 0 radical (unpaired) electrons. The summed E-state index contributed by atoms with van der Waals surface area (Å²) in [6.07, 6.45) is 1.36. The summed E-state index contributed by atoms with van der Waals surface area (Å²) in [5, 5.41) is 14.5. The van der Waals surface area contributed by atoms with E-state index in [1.54, 1.807) is 24.3 Å². The summed E-state index contributed by atoms with van der Waals surface area (Å²) in [5.74, 6) is -0.0749. The molecule has 3 rings (SSSR count). The average Bonchev–Trinajstić information content (AvgIpc) is 3.03. The molecule has 0 saturated carbocycles. The van der Waals surface area contributed by atoms with Crippen molar-refractivity contribution in [2.75, 3.05) is 5.32 Å². The van der Waals surface area contributed by atoms with E-state index in [0.717, 1.165) is 0 Å². The molecule has 0 fully saturated rings. The van der Waals surface area contributed by atoms with Crippen molar-refractivity contribution in [3.05, 3.63) is 51.6 Å². The Hall–Kier alpha value is -1.38. The lowest BCUT2D eigenvalue weighted by Gasteiger charge is -2.24. The maximum absolute atomic E-state index is 14.0. The second kappa shape index (κ2) is 8.16. The number of aromatic amines is 1. The first-order valence-corrected chi connectivity index (χ1v) is 10.3. The third kappa shape index (κ3) is 4.96. The molecule has 2 aromatic heterocycles. The maximum atomic E-state index is 14.0. The SMILES string of the molecule is NC(S[N+](=O)[O-])(SC(F)(Cl)Br)c1nc(Nc2ccccc2Cl)c2[nH]cnc2n1. The molecular formula is C13H9BrCl2FN7O2S2. The molecule has 0 saturated heterocycles. The smallest absolute Gasteiger partial charge is 0.287 e. The van der Waals surface area contributed by atoms with Crippen molar-refractivity contribution in [2.45, 2.75) is 7.57 Å². The Labute approximate surface area is 183 Å². The van der Waals surface area contributed by atoms with Crippen LogP contribution in [0.3, 0.4) is 0 Å². The van der Waals surface area contributed by atoms with Gasteiger partial charge in [0.1, 0.15) is 9.85 Å². The van der Waals surface area contributed by atoms with Crippen molar-refractivity contribution >= 4 is 85.5 Å². The molecule has 28 heavy (non-hydrogen) atoms. The number of nitrogens with zero attached hydrogens (tertiary/aromatic N) is 4. The Balaban J connectivity index is 2.12. The number of nitrogens with two attached hydrogens (primary N) is 1. The van der Waals surface area contributed by atoms with E-state index in [1.807, 2.05) is 0 Å². The Morgan fingerprint density at radius 1 is 1.39 bits per heavy atom. The highest BCUT2D eigenvalue weighted by molar-refractivity contribution is 9.12. The second-order valence-electron chi connectivity index (χ2n) is 5.13. The monoisotopic (exact) mass is 527 g/mol. The summed E-state index contributed by atoms with van der Waals surface area (Å²) in [6.45, 7) is 0. The predicted octanol–water partition coefficient (Wildman–Crippen LogP) is 4.69. The zero-order chi connectivity index (χ0) is 20.5. The van der Waals surface area contributed by atoms with Crippen molar-refractivity contribution in [1.29, 1.82) is 0 Å². The number of alkyl halides is 3. The summed E-state index contributed by atoms with van der Waals surface area (Å²) in [5.41, 5.74) is 7.15.